The van der Waals surface area contributed by atoms with Crippen LogP contribution in [-0.2, 0) is 12.0 Å². The van der Waals surface area contributed by atoms with Crippen molar-refractivity contribution >= 4 is 33.1 Å². The fraction of sp³-hybridized carbons (Fsp3) is 0.120. The second-order valence-electron chi connectivity index (χ2n) is 13.8. The van der Waals surface area contributed by atoms with Gasteiger partial charge in [-0.15, -0.1) is 0 Å². The van der Waals surface area contributed by atoms with Gasteiger partial charge in [0.1, 0.15) is 0 Å². The molecule has 2 aliphatic heterocycles. The van der Waals surface area contributed by atoms with Gasteiger partial charge in [-0.3, -0.25) is 0 Å². The molecule has 0 fully saturated rings. The summed E-state index contributed by atoms with van der Waals surface area (Å²) in [5.74, 6) is 0. The Bertz CT molecular complexity index is 2540. The molecule has 8 aromatic rings. The summed E-state index contributed by atoms with van der Waals surface area (Å²) in [5, 5.41) is 6.03. The summed E-state index contributed by atoms with van der Waals surface area (Å²) >= 11 is 0. The van der Waals surface area contributed by atoms with E-state index in [-0.39, 0.29) is 6.04 Å². The number of likely N-dealkylation sites (N-methyl/N-ethyl adjacent to an activating group) is 1. The van der Waals surface area contributed by atoms with E-state index in [0.717, 1.165) is 12.2 Å². The number of fused-ring (bicyclic) bond motifs is 6. The minimum atomic E-state index is -0.439. The van der Waals surface area contributed by atoms with E-state index in [9.17, 15) is 0 Å². The van der Waals surface area contributed by atoms with Crippen molar-refractivity contribution in [2.45, 2.75) is 31.8 Å². The predicted octanol–water partition coefficient (Wildman–Crippen LogP) is 11.8. The van der Waals surface area contributed by atoms with Gasteiger partial charge in [0.2, 0.25) is 0 Å². The first-order chi connectivity index (χ1) is 26.2. The number of para-hydroxylation sites is 1. The van der Waals surface area contributed by atoms with Gasteiger partial charge in [0.05, 0.1) is 28.2 Å². The molecule has 7 aromatic carbocycles. The molecule has 2 aliphatic rings. The lowest BCUT2D eigenvalue weighted by Crippen LogP contribution is -2.38. The molecule has 0 spiro atoms. The smallest absolute Gasteiger partial charge is 0.0718 e. The van der Waals surface area contributed by atoms with Gasteiger partial charge in [-0.05, 0) is 63.2 Å². The van der Waals surface area contributed by atoms with Crippen LogP contribution < -0.4 is 10.2 Å². The molecular formula is C50H43N3. The van der Waals surface area contributed by atoms with Crippen molar-refractivity contribution < 1.29 is 0 Å². The number of rotatable bonds is 5. The van der Waals surface area contributed by atoms with Gasteiger partial charge in [0.15, 0.2) is 0 Å². The molecule has 1 aromatic heterocycles. The normalized spacial score (nSPS) is 15.6. The number of hydrogen-bond donors (Lipinski definition) is 1. The zero-order valence-electron chi connectivity index (χ0n) is 30.5. The molecule has 1 atom stereocenters. The summed E-state index contributed by atoms with van der Waals surface area (Å²) in [6.45, 7) is 4.86. The van der Waals surface area contributed by atoms with Gasteiger partial charge in [0, 0.05) is 41.8 Å². The molecule has 53 heavy (non-hydrogen) atoms. The molecule has 3 heteroatoms. The lowest BCUT2D eigenvalue weighted by molar-refractivity contribution is 0.510. The van der Waals surface area contributed by atoms with E-state index in [2.05, 4.69) is 204 Å². The summed E-state index contributed by atoms with van der Waals surface area (Å²) in [4.78, 5) is 2.56. The van der Waals surface area contributed by atoms with Crippen LogP contribution in [0.1, 0.15) is 58.8 Å². The minimum Gasteiger partial charge on any atom is -0.386 e. The van der Waals surface area contributed by atoms with Crippen molar-refractivity contribution in [2.24, 2.45) is 0 Å². The second-order valence-corrected chi connectivity index (χ2v) is 13.8. The van der Waals surface area contributed by atoms with Gasteiger partial charge in [0.25, 0.3) is 0 Å². The first kappa shape index (κ1) is 32.6. The highest BCUT2D eigenvalue weighted by molar-refractivity contribution is 6.17. The lowest BCUT2D eigenvalue weighted by atomic mass is 9.64. The maximum Gasteiger partial charge on any atom is 0.0718 e. The van der Waals surface area contributed by atoms with Crippen LogP contribution in [0.3, 0.4) is 0 Å². The average Bonchev–Trinajstić information content (AvgIpc) is 3.72. The van der Waals surface area contributed by atoms with E-state index < -0.39 is 5.41 Å². The zero-order chi connectivity index (χ0) is 35.9. The Labute approximate surface area is 312 Å². The molecule has 0 saturated heterocycles. The highest BCUT2D eigenvalue weighted by Gasteiger charge is 2.53. The number of anilines is 1. The first-order valence-electron chi connectivity index (χ1n) is 18.8. The standard InChI is InChI=1S/C48H37N3.C2H6/c1-50-46-42(48(36-18-7-3-8-19-36,37-20-9-4-10-21-37)47(50)34-15-5-2-6-16-34)29-30-44-45(46)40-23-13-14-24-43(40)51(44)38-27-25-33(26-28-38)41-32-49-31-35-17-11-12-22-39(35)41;1-2/h2-30,32,47,49H,31H2,1H3;1-2H3. The third-order valence-electron chi connectivity index (χ3n) is 11.2. The maximum absolute atomic E-state index is 3.48. The molecule has 3 heterocycles. The van der Waals surface area contributed by atoms with Crippen molar-refractivity contribution in [3.63, 3.8) is 0 Å². The average molecular weight is 686 g/mol. The molecule has 10 rings (SSSR count). The molecule has 0 aliphatic carbocycles. The van der Waals surface area contributed by atoms with E-state index in [0.29, 0.717) is 0 Å². The van der Waals surface area contributed by atoms with Crippen molar-refractivity contribution in [3.05, 3.63) is 221 Å². The Hall–Kier alpha value is -6.32. The number of aromatic nitrogens is 1. The largest absolute Gasteiger partial charge is 0.386 e. The second kappa shape index (κ2) is 13.3. The molecule has 0 bridgehead atoms. The van der Waals surface area contributed by atoms with Gasteiger partial charge in [-0.25, -0.2) is 0 Å². The van der Waals surface area contributed by atoms with Crippen LogP contribution in [0.4, 0.5) is 5.69 Å². The van der Waals surface area contributed by atoms with Gasteiger partial charge < -0.3 is 14.8 Å². The van der Waals surface area contributed by atoms with Crippen LogP contribution in [0.25, 0.3) is 33.1 Å². The number of benzene rings is 7. The molecule has 258 valence electrons. The van der Waals surface area contributed by atoms with E-state index in [1.54, 1.807) is 0 Å². The number of nitrogens with one attached hydrogen (secondary N) is 1. The first-order valence-corrected chi connectivity index (χ1v) is 18.8. The van der Waals surface area contributed by atoms with Crippen molar-refractivity contribution in [1.82, 2.24) is 9.88 Å². The summed E-state index contributed by atoms with van der Waals surface area (Å²) in [6.07, 6.45) is 2.16. The third kappa shape index (κ3) is 4.95. The van der Waals surface area contributed by atoms with Crippen molar-refractivity contribution in [2.75, 3.05) is 11.9 Å². The number of nitrogens with zero attached hydrogens (tertiary/aromatic N) is 2. The van der Waals surface area contributed by atoms with Crippen LogP contribution in [0.5, 0.6) is 0 Å². The highest BCUT2D eigenvalue weighted by atomic mass is 15.2. The molecule has 0 saturated carbocycles. The van der Waals surface area contributed by atoms with E-state index in [4.69, 9.17) is 0 Å². The van der Waals surface area contributed by atoms with Gasteiger partial charge >= 0.3 is 0 Å². The van der Waals surface area contributed by atoms with E-state index >= 15 is 0 Å². The highest BCUT2D eigenvalue weighted by Crippen LogP contribution is 2.61. The minimum absolute atomic E-state index is 0.0331. The maximum atomic E-state index is 3.48. The molecule has 0 amide bonds. The van der Waals surface area contributed by atoms with Crippen LogP contribution >= 0.6 is 0 Å². The van der Waals surface area contributed by atoms with Crippen LogP contribution in [0, 0.1) is 0 Å². The van der Waals surface area contributed by atoms with Crippen LogP contribution in [-0.4, -0.2) is 11.6 Å². The Balaban J connectivity index is 0.00000183. The van der Waals surface area contributed by atoms with E-state index in [1.165, 1.54) is 72.0 Å². The molecule has 0 radical (unpaired) electrons. The van der Waals surface area contributed by atoms with Crippen LogP contribution in [0.15, 0.2) is 182 Å². The topological polar surface area (TPSA) is 20.2 Å². The molecule has 1 N–H and O–H groups in total. The quantitative estimate of drug-likeness (QED) is 0.195. The third-order valence-corrected chi connectivity index (χ3v) is 11.2. The predicted molar refractivity (Wildman–Crippen MR) is 223 cm³/mol. The lowest BCUT2D eigenvalue weighted by Gasteiger charge is -2.40. The van der Waals surface area contributed by atoms with E-state index in [1.807, 2.05) is 13.8 Å². The zero-order valence-corrected chi connectivity index (χ0v) is 30.5. The molecule has 3 nitrogen and oxygen atoms in total. The summed E-state index contributed by atoms with van der Waals surface area (Å²) in [5.41, 5.74) is 14.7. The van der Waals surface area contributed by atoms with Gasteiger partial charge in [-0.2, -0.15) is 0 Å². The molecule has 1 unspecified atom stereocenters. The van der Waals surface area contributed by atoms with Gasteiger partial charge in [-0.1, -0.05) is 166 Å². The molecular weight excluding hydrogens is 643 g/mol. The summed E-state index contributed by atoms with van der Waals surface area (Å²) < 4.78 is 2.45. The summed E-state index contributed by atoms with van der Waals surface area (Å²) in [7, 11) is 2.30. The Kier molecular flexibility index (Phi) is 8.20. The Morgan fingerprint density at radius 3 is 1.89 bits per heavy atom. The fourth-order valence-electron chi connectivity index (χ4n) is 9.18. The van der Waals surface area contributed by atoms with Crippen LogP contribution in [0.2, 0.25) is 0 Å². The SMILES string of the molecule is CC.CN1c2c(ccc3c2c2ccccc2n3-c2ccc(C3=CNCc4ccccc43)cc2)C(c2ccccc2)(c2ccccc2)C1c1ccccc1. The fourth-order valence-corrected chi connectivity index (χ4v) is 9.18. The Morgan fingerprint density at radius 1 is 0.585 bits per heavy atom. The summed E-state index contributed by atoms with van der Waals surface area (Å²) in [6, 6.07) is 64.9. The number of hydrogen-bond acceptors (Lipinski definition) is 2. The van der Waals surface area contributed by atoms with Crippen molar-refractivity contribution in [1.29, 1.82) is 0 Å². The monoisotopic (exact) mass is 685 g/mol. The Morgan fingerprint density at radius 2 is 1.19 bits per heavy atom. The van der Waals surface area contributed by atoms with Crippen molar-refractivity contribution in [3.8, 4) is 5.69 Å².